The molecule has 1 aromatic carbocycles. The number of hydrogen-bond acceptors (Lipinski definition) is 3. The number of anilines is 1. The summed E-state index contributed by atoms with van der Waals surface area (Å²) >= 11 is 3.36. The van der Waals surface area contributed by atoms with Crippen LogP contribution in [0.15, 0.2) is 22.7 Å². The van der Waals surface area contributed by atoms with E-state index in [1.54, 1.807) is 0 Å². The van der Waals surface area contributed by atoms with E-state index in [0.29, 0.717) is 0 Å². The summed E-state index contributed by atoms with van der Waals surface area (Å²) in [6, 6.07) is 5.70. The summed E-state index contributed by atoms with van der Waals surface area (Å²) in [7, 11) is 0. The molecule has 0 spiro atoms. The fourth-order valence-electron chi connectivity index (χ4n) is 1.45. The maximum absolute atomic E-state index is 11.6. The van der Waals surface area contributed by atoms with Crippen molar-refractivity contribution in [3.63, 3.8) is 0 Å². The van der Waals surface area contributed by atoms with Crippen LogP contribution in [0.1, 0.15) is 25.8 Å². The third-order valence-corrected chi connectivity index (χ3v) is 3.19. The third kappa shape index (κ3) is 4.66. The Kier molecular flexibility index (Phi) is 6.15. The van der Waals surface area contributed by atoms with Crippen LogP contribution < -0.4 is 10.6 Å². The van der Waals surface area contributed by atoms with Gasteiger partial charge in [0, 0.05) is 21.8 Å². The van der Waals surface area contributed by atoms with Crippen LogP contribution in [-0.4, -0.2) is 23.6 Å². The van der Waals surface area contributed by atoms with Gasteiger partial charge in [-0.1, -0.05) is 28.9 Å². The molecule has 0 aliphatic rings. The molecule has 1 atom stereocenters. The predicted molar refractivity (Wildman–Crippen MR) is 76.5 cm³/mol. The molecule has 3 N–H and O–H groups in total. The van der Waals surface area contributed by atoms with Crippen molar-refractivity contribution in [2.45, 2.75) is 32.9 Å². The molecule has 0 fully saturated rings. The van der Waals surface area contributed by atoms with Crippen LogP contribution in [0.3, 0.4) is 0 Å². The first-order valence-electron chi connectivity index (χ1n) is 5.99. The van der Waals surface area contributed by atoms with Gasteiger partial charge in [0.1, 0.15) is 0 Å². The van der Waals surface area contributed by atoms with Gasteiger partial charge in [-0.2, -0.15) is 0 Å². The summed E-state index contributed by atoms with van der Waals surface area (Å²) in [5, 5.41) is 15.1. The number of carbonyl (C=O) groups is 1. The minimum absolute atomic E-state index is 0.0479. The van der Waals surface area contributed by atoms with Gasteiger partial charge in [-0.3, -0.25) is 4.79 Å². The molecule has 0 bridgehead atoms. The molecule has 100 valence electrons. The molecule has 0 aromatic heterocycles. The molecular formula is C13H19BrN2O2. The van der Waals surface area contributed by atoms with E-state index in [1.165, 1.54) is 0 Å². The number of rotatable bonds is 6. The predicted octanol–water partition coefficient (Wildman–Crippen LogP) is 2.27. The summed E-state index contributed by atoms with van der Waals surface area (Å²) in [6.45, 7) is 4.14. The quantitative estimate of drug-likeness (QED) is 0.755. The summed E-state index contributed by atoms with van der Waals surface area (Å²) in [4.78, 5) is 11.6. The van der Waals surface area contributed by atoms with Gasteiger partial charge >= 0.3 is 0 Å². The zero-order chi connectivity index (χ0) is 13.5. The average Bonchev–Trinajstić information content (AvgIpc) is 2.36. The molecule has 0 aliphatic carbocycles. The van der Waals surface area contributed by atoms with Crippen molar-refractivity contribution < 1.29 is 9.90 Å². The molecule has 18 heavy (non-hydrogen) atoms. The van der Waals surface area contributed by atoms with Crippen molar-refractivity contribution in [2.75, 3.05) is 11.9 Å². The van der Waals surface area contributed by atoms with Gasteiger partial charge in [-0.05, 0) is 25.5 Å². The van der Waals surface area contributed by atoms with Crippen LogP contribution in [-0.2, 0) is 11.4 Å². The van der Waals surface area contributed by atoms with Crippen molar-refractivity contribution in [1.29, 1.82) is 0 Å². The van der Waals surface area contributed by atoms with E-state index in [1.807, 2.05) is 32.0 Å². The van der Waals surface area contributed by atoms with Crippen molar-refractivity contribution in [1.82, 2.24) is 5.32 Å². The number of benzene rings is 1. The fraction of sp³-hybridized carbons (Fsp3) is 0.462. The highest BCUT2D eigenvalue weighted by Gasteiger charge is 2.07. The van der Waals surface area contributed by atoms with E-state index >= 15 is 0 Å². The Balaban J connectivity index is 2.57. The summed E-state index contributed by atoms with van der Waals surface area (Å²) in [6.07, 6.45) is 0.907. The minimum atomic E-state index is -0.0530. The molecule has 0 unspecified atom stereocenters. The van der Waals surface area contributed by atoms with Gasteiger partial charge in [0.05, 0.1) is 13.2 Å². The maximum Gasteiger partial charge on any atom is 0.239 e. The molecule has 0 saturated heterocycles. The first-order chi connectivity index (χ1) is 8.56. The van der Waals surface area contributed by atoms with Crippen LogP contribution in [0.25, 0.3) is 0 Å². The van der Waals surface area contributed by atoms with Gasteiger partial charge in [0.2, 0.25) is 5.91 Å². The molecule has 1 aromatic rings. The van der Waals surface area contributed by atoms with Gasteiger partial charge in [-0.25, -0.2) is 0 Å². The summed E-state index contributed by atoms with van der Waals surface area (Å²) in [5.74, 6) is -0.0479. The smallest absolute Gasteiger partial charge is 0.239 e. The molecule has 0 heterocycles. The maximum atomic E-state index is 11.6. The van der Waals surface area contributed by atoms with E-state index < -0.39 is 0 Å². The first kappa shape index (κ1) is 15.0. The number of hydrogen-bond donors (Lipinski definition) is 3. The lowest BCUT2D eigenvalue weighted by molar-refractivity contribution is -0.120. The second-order valence-corrected chi connectivity index (χ2v) is 5.11. The zero-order valence-corrected chi connectivity index (χ0v) is 12.3. The molecule has 1 amide bonds. The number of nitrogens with one attached hydrogen (secondary N) is 2. The number of aliphatic hydroxyl groups is 1. The lowest BCUT2D eigenvalue weighted by Crippen LogP contribution is -2.36. The van der Waals surface area contributed by atoms with Crippen molar-refractivity contribution in [2.24, 2.45) is 0 Å². The Hall–Kier alpha value is -1.07. The van der Waals surface area contributed by atoms with Crippen LogP contribution in [0.4, 0.5) is 5.69 Å². The summed E-state index contributed by atoms with van der Waals surface area (Å²) < 4.78 is 0.907. The van der Waals surface area contributed by atoms with Crippen molar-refractivity contribution in [3.05, 3.63) is 28.2 Å². The molecule has 5 heteroatoms. The monoisotopic (exact) mass is 314 g/mol. The van der Waals surface area contributed by atoms with Crippen LogP contribution in [0, 0.1) is 0 Å². The van der Waals surface area contributed by atoms with Gasteiger partial charge in [0.25, 0.3) is 0 Å². The van der Waals surface area contributed by atoms with E-state index in [0.717, 1.165) is 22.1 Å². The number of amides is 1. The molecule has 0 radical (unpaired) electrons. The van der Waals surface area contributed by atoms with E-state index in [-0.39, 0.29) is 25.1 Å². The Morgan fingerprint density at radius 2 is 2.22 bits per heavy atom. The second kappa shape index (κ2) is 7.38. The molecular weight excluding hydrogens is 296 g/mol. The number of halogens is 1. The van der Waals surface area contributed by atoms with Crippen LogP contribution >= 0.6 is 15.9 Å². The molecule has 1 rings (SSSR count). The molecule has 4 nitrogen and oxygen atoms in total. The highest BCUT2D eigenvalue weighted by Crippen LogP contribution is 2.21. The highest BCUT2D eigenvalue weighted by atomic mass is 79.9. The average molecular weight is 315 g/mol. The standard InChI is InChI=1S/C13H19BrN2O2/c1-3-9(2)16-13(18)7-15-12-6-11(14)5-4-10(12)8-17/h4-6,9,15,17H,3,7-8H2,1-2H3,(H,16,18)/t9-/m1/s1. The lowest BCUT2D eigenvalue weighted by atomic mass is 10.2. The summed E-state index contributed by atoms with van der Waals surface area (Å²) in [5.41, 5.74) is 1.54. The Morgan fingerprint density at radius 3 is 2.83 bits per heavy atom. The van der Waals surface area contributed by atoms with Gasteiger partial charge in [-0.15, -0.1) is 0 Å². The van der Waals surface area contributed by atoms with E-state index in [2.05, 4.69) is 26.6 Å². The highest BCUT2D eigenvalue weighted by molar-refractivity contribution is 9.10. The Bertz CT molecular complexity index is 410. The van der Waals surface area contributed by atoms with Crippen LogP contribution in [0.5, 0.6) is 0 Å². The second-order valence-electron chi connectivity index (χ2n) is 4.19. The molecule has 0 aliphatic heterocycles. The molecule has 0 saturated carbocycles. The zero-order valence-electron chi connectivity index (χ0n) is 10.7. The Morgan fingerprint density at radius 1 is 1.50 bits per heavy atom. The van der Waals surface area contributed by atoms with Gasteiger partial charge in [0.15, 0.2) is 0 Å². The number of aliphatic hydroxyl groups excluding tert-OH is 1. The van der Waals surface area contributed by atoms with E-state index in [9.17, 15) is 9.90 Å². The first-order valence-corrected chi connectivity index (χ1v) is 6.78. The van der Waals surface area contributed by atoms with Crippen molar-refractivity contribution >= 4 is 27.5 Å². The lowest BCUT2D eigenvalue weighted by Gasteiger charge is -2.14. The van der Waals surface area contributed by atoms with Crippen LogP contribution in [0.2, 0.25) is 0 Å². The largest absolute Gasteiger partial charge is 0.392 e. The van der Waals surface area contributed by atoms with Crippen molar-refractivity contribution in [3.8, 4) is 0 Å². The normalized spacial score (nSPS) is 12.0. The minimum Gasteiger partial charge on any atom is -0.392 e. The topological polar surface area (TPSA) is 61.4 Å². The Labute approximate surface area is 116 Å². The SMILES string of the molecule is CC[C@@H](C)NC(=O)CNc1cc(Br)ccc1CO. The fourth-order valence-corrected chi connectivity index (χ4v) is 1.82. The number of carbonyl (C=O) groups excluding carboxylic acids is 1. The van der Waals surface area contributed by atoms with E-state index in [4.69, 9.17) is 0 Å². The third-order valence-electron chi connectivity index (χ3n) is 2.70. The van der Waals surface area contributed by atoms with Gasteiger partial charge < -0.3 is 15.7 Å².